The monoisotopic (exact) mass is 437 g/mol. The Labute approximate surface area is 186 Å². The van der Waals surface area contributed by atoms with E-state index in [-0.39, 0.29) is 0 Å². The summed E-state index contributed by atoms with van der Waals surface area (Å²) < 4.78 is 22.0. The highest BCUT2D eigenvalue weighted by Crippen LogP contribution is 2.35. The summed E-state index contributed by atoms with van der Waals surface area (Å²) in [6.45, 7) is 0.474. The zero-order valence-corrected chi connectivity index (χ0v) is 18.3. The molecule has 8 heteroatoms. The van der Waals surface area contributed by atoms with Gasteiger partial charge >= 0.3 is 6.09 Å². The molecule has 32 heavy (non-hydrogen) atoms. The molecular weight excluding hydrogens is 410 g/mol. The average molecular weight is 437 g/mol. The molecule has 0 radical (unpaired) electrons. The van der Waals surface area contributed by atoms with E-state index in [0.717, 1.165) is 12.8 Å². The van der Waals surface area contributed by atoms with Crippen LogP contribution in [0.3, 0.4) is 0 Å². The molecule has 3 aromatic rings. The van der Waals surface area contributed by atoms with Crippen LogP contribution in [0.15, 0.2) is 42.7 Å². The van der Waals surface area contributed by atoms with Crippen molar-refractivity contribution in [1.82, 2.24) is 9.97 Å². The Balaban J connectivity index is 1.40. The molecule has 0 aliphatic heterocycles. The third-order valence-corrected chi connectivity index (χ3v) is 5.59. The highest BCUT2D eigenvalue weighted by atomic mass is 16.5. The predicted octanol–water partition coefficient (Wildman–Crippen LogP) is 5.57. The number of rotatable bonds is 7. The maximum atomic E-state index is 12.1. The van der Waals surface area contributed by atoms with Gasteiger partial charge in [-0.05, 0) is 49.1 Å². The molecule has 0 unspecified atom stereocenters. The smallest absolute Gasteiger partial charge is 0.411 e. The largest absolute Gasteiger partial charge is 0.493 e. The third kappa shape index (κ3) is 5.19. The first-order valence-electron chi connectivity index (χ1n) is 10.7. The first-order valence-corrected chi connectivity index (χ1v) is 10.7. The SMILES string of the molecule is COc1cc2ncnc(Oc3ccc(NC(=O)OCC4CCCCC4)cc3)c2cc1OC. The molecule has 1 aliphatic carbocycles. The molecule has 1 amide bonds. The van der Waals surface area contributed by atoms with E-state index in [1.165, 1.54) is 25.6 Å². The van der Waals surface area contributed by atoms with E-state index in [9.17, 15) is 4.79 Å². The number of anilines is 1. The molecule has 1 heterocycles. The van der Waals surface area contributed by atoms with Gasteiger partial charge in [0.1, 0.15) is 12.1 Å². The molecule has 168 valence electrons. The molecule has 1 aromatic heterocycles. The lowest BCUT2D eigenvalue weighted by molar-refractivity contribution is 0.128. The molecule has 1 fully saturated rings. The molecule has 0 bridgehead atoms. The Morgan fingerprint density at radius 1 is 1.00 bits per heavy atom. The molecule has 1 N–H and O–H groups in total. The minimum absolute atomic E-state index is 0.392. The second kappa shape index (κ2) is 10.2. The average Bonchev–Trinajstić information content (AvgIpc) is 2.84. The van der Waals surface area contributed by atoms with Crippen molar-refractivity contribution in [3.05, 3.63) is 42.7 Å². The van der Waals surface area contributed by atoms with Crippen molar-refractivity contribution < 1.29 is 23.7 Å². The number of ether oxygens (including phenoxy) is 4. The molecule has 8 nitrogen and oxygen atoms in total. The van der Waals surface area contributed by atoms with Gasteiger partial charge in [-0.1, -0.05) is 19.3 Å². The Morgan fingerprint density at radius 3 is 2.44 bits per heavy atom. The van der Waals surface area contributed by atoms with Gasteiger partial charge in [-0.25, -0.2) is 14.8 Å². The van der Waals surface area contributed by atoms with Crippen LogP contribution in [0.4, 0.5) is 10.5 Å². The van der Waals surface area contributed by atoms with Gasteiger partial charge in [-0.3, -0.25) is 5.32 Å². The normalized spacial score (nSPS) is 14.1. The van der Waals surface area contributed by atoms with Crippen LogP contribution in [0.25, 0.3) is 10.9 Å². The van der Waals surface area contributed by atoms with E-state index in [0.29, 0.717) is 52.2 Å². The van der Waals surface area contributed by atoms with Gasteiger partial charge in [0.2, 0.25) is 5.88 Å². The van der Waals surface area contributed by atoms with E-state index < -0.39 is 6.09 Å². The van der Waals surface area contributed by atoms with Crippen molar-refractivity contribution in [2.45, 2.75) is 32.1 Å². The van der Waals surface area contributed by atoms with E-state index in [2.05, 4.69) is 15.3 Å². The lowest BCUT2D eigenvalue weighted by atomic mass is 9.90. The Hall–Kier alpha value is -3.55. The summed E-state index contributed by atoms with van der Waals surface area (Å²) in [5.41, 5.74) is 1.30. The van der Waals surface area contributed by atoms with Crippen LogP contribution >= 0.6 is 0 Å². The fraction of sp³-hybridized carbons (Fsp3) is 0.375. The van der Waals surface area contributed by atoms with Gasteiger partial charge in [0.25, 0.3) is 0 Å². The number of carbonyl (C=O) groups is 1. The number of nitrogens with one attached hydrogen (secondary N) is 1. The van der Waals surface area contributed by atoms with E-state index in [1.54, 1.807) is 50.6 Å². The summed E-state index contributed by atoms with van der Waals surface area (Å²) in [6.07, 6.45) is 6.99. The van der Waals surface area contributed by atoms with Crippen molar-refractivity contribution in [3.8, 4) is 23.1 Å². The van der Waals surface area contributed by atoms with Crippen LogP contribution in [0, 0.1) is 5.92 Å². The predicted molar refractivity (Wildman–Crippen MR) is 121 cm³/mol. The Bertz CT molecular complexity index is 1070. The van der Waals surface area contributed by atoms with E-state index in [1.807, 2.05) is 0 Å². The number of benzene rings is 2. The number of aromatic nitrogens is 2. The fourth-order valence-electron chi connectivity index (χ4n) is 3.86. The maximum Gasteiger partial charge on any atom is 0.411 e. The topological polar surface area (TPSA) is 91.8 Å². The minimum atomic E-state index is -0.438. The Morgan fingerprint density at radius 2 is 1.72 bits per heavy atom. The van der Waals surface area contributed by atoms with Crippen molar-refractivity contribution >= 4 is 22.7 Å². The van der Waals surface area contributed by atoms with Crippen molar-refractivity contribution in [2.24, 2.45) is 5.92 Å². The quantitative estimate of drug-likeness (QED) is 0.517. The van der Waals surface area contributed by atoms with Crippen molar-refractivity contribution in [1.29, 1.82) is 0 Å². The first-order chi connectivity index (χ1) is 15.7. The first kappa shape index (κ1) is 21.7. The second-order valence-electron chi connectivity index (χ2n) is 7.76. The zero-order valence-electron chi connectivity index (χ0n) is 18.3. The Kier molecular flexibility index (Phi) is 6.89. The number of nitrogens with zero attached hydrogens (tertiary/aromatic N) is 2. The number of fused-ring (bicyclic) bond motifs is 1. The molecule has 0 atom stereocenters. The standard InChI is InChI=1S/C24H27N3O5/c1-29-21-12-19-20(13-22(21)30-2)25-15-26-23(19)32-18-10-8-17(9-11-18)27-24(28)31-14-16-6-4-3-5-7-16/h8-13,15-16H,3-7,14H2,1-2H3,(H,27,28). The second-order valence-corrected chi connectivity index (χ2v) is 7.76. The van der Waals surface area contributed by atoms with Crippen LogP contribution in [-0.4, -0.2) is 36.9 Å². The fourth-order valence-corrected chi connectivity index (χ4v) is 3.86. The third-order valence-electron chi connectivity index (χ3n) is 5.59. The lowest BCUT2D eigenvalue weighted by Crippen LogP contribution is -2.20. The molecule has 1 aliphatic rings. The summed E-state index contributed by atoms with van der Waals surface area (Å²) in [7, 11) is 3.14. The maximum absolute atomic E-state index is 12.1. The van der Waals surface area contributed by atoms with Gasteiger partial charge in [0, 0.05) is 11.8 Å². The van der Waals surface area contributed by atoms with Crippen molar-refractivity contribution in [3.63, 3.8) is 0 Å². The highest BCUT2D eigenvalue weighted by Gasteiger charge is 2.16. The van der Waals surface area contributed by atoms with Gasteiger partial charge in [-0.2, -0.15) is 0 Å². The molecule has 4 rings (SSSR count). The summed E-state index contributed by atoms with van der Waals surface area (Å²) in [5.74, 6) is 2.58. The van der Waals surface area contributed by atoms with Crippen LogP contribution in [0.5, 0.6) is 23.1 Å². The number of hydrogen-bond donors (Lipinski definition) is 1. The van der Waals surface area contributed by atoms with Crippen LogP contribution in [-0.2, 0) is 4.74 Å². The zero-order chi connectivity index (χ0) is 22.3. The molecule has 2 aromatic carbocycles. The lowest BCUT2D eigenvalue weighted by Gasteiger charge is -2.21. The number of methoxy groups -OCH3 is 2. The van der Waals surface area contributed by atoms with E-state index in [4.69, 9.17) is 18.9 Å². The highest BCUT2D eigenvalue weighted by molar-refractivity contribution is 5.87. The van der Waals surface area contributed by atoms with Crippen LogP contribution in [0.1, 0.15) is 32.1 Å². The minimum Gasteiger partial charge on any atom is -0.493 e. The van der Waals surface area contributed by atoms with Crippen LogP contribution in [0.2, 0.25) is 0 Å². The molecule has 1 saturated carbocycles. The van der Waals surface area contributed by atoms with Gasteiger partial charge in [-0.15, -0.1) is 0 Å². The van der Waals surface area contributed by atoms with Crippen LogP contribution < -0.4 is 19.5 Å². The summed E-state index contributed by atoms with van der Waals surface area (Å²) >= 11 is 0. The van der Waals surface area contributed by atoms with Gasteiger partial charge < -0.3 is 18.9 Å². The summed E-state index contributed by atoms with van der Waals surface area (Å²) in [4.78, 5) is 20.6. The van der Waals surface area contributed by atoms with E-state index >= 15 is 0 Å². The molecule has 0 saturated heterocycles. The summed E-state index contributed by atoms with van der Waals surface area (Å²) in [5, 5.41) is 3.45. The molecular formula is C24H27N3O5. The molecule has 0 spiro atoms. The number of amides is 1. The van der Waals surface area contributed by atoms with Crippen molar-refractivity contribution in [2.75, 3.05) is 26.1 Å². The number of carbonyl (C=O) groups excluding carboxylic acids is 1. The number of hydrogen-bond acceptors (Lipinski definition) is 7. The summed E-state index contributed by atoms with van der Waals surface area (Å²) in [6, 6.07) is 10.6. The van der Waals surface area contributed by atoms with Gasteiger partial charge in [0.05, 0.1) is 31.7 Å². The van der Waals surface area contributed by atoms with Gasteiger partial charge in [0.15, 0.2) is 11.5 Å².